The lowest BCUT2D eigenvalue weighted by atomic mass is 10.0. The number of ketones is 1. The Hall–Kier alpha value is -1.29. The van der Waals surface area contributed by atoms with Crippen LogP contribution in [-0.4, -0.2) is 25.4 Å². The van der Waals surface area contributed by atoms with E-state index >= 15 is 0 Å². The number of halogens is 2. The fraction of sp³-hybridized carbons (Fsp3) is 0.533. The third-order valence-corrected chi connectivity index (χ3v) is 2.81. The molecule has 19 heavy (non-hydrogen) atoms. The molecule has 0 aliphatic carbocycles. The summed E-state index contributed by atoms with van der Waals surface area (Å²) in [5, 5.41) is 0. The Morgan fingerprint density at radius 1 is 1.26 bits per heavy atom. The second-order valence-electron chi connectivity index (χ2n) is 4.44. The van der Waals surface area contributed by atoms with Crippen molar-refractivity contribution >= 4 is 5.78 Å². The predicted molar refractivity (Wildman–Crippen MR) is 70.8 cm³/mol. The zero-order valence-electron chi connectivity index (χ0n) is 11.2. The first-order chi connectivity index (χ1) is 9.13. The highest BCUT2D eigenvalue weighted by Crippen LogP contribution is 2.10. The van der Waals surface area contributed by atoms with E-state index in [1.807, 2.05) is 12.1 Å². The molecule has 0 bridgehead atoms. The van der Waals surface area contributed by atoms with Crippen molar-refractivity contribution in [3.8, 4) is 0 Å². The molecule has 1 aromatic carbocycles. The Balaban J connectivity index is 2.36. The van der Waals surface area contributed by atoms with Crippen LogP contribution >= 0.6 is 0 Å². The molecule has 0 radical (unpaired) electrons. The highest BCUT2D eigenvalue weighted by molar-refractivity contribution is 5.96. The van der Waals surface area contributed by atoms with Crippen LogP contribution in [0.15, 0.2) is 24.3 Å². The molecule has 0 aliphatic rings. The highest BCUT2D eigenvalue weighted by atomic mass is 19.3. The van der Waals surface area contributed by atoms with Crippen molar-refractivity contribution in [2.45, 2.75) is 39.0 Å². The molecule has 0 saturated carbocycles. The Kier molecular flexibility index (Phi) is 7.26. The van der Waals surface area contributed by atoms with Crippen LogP contribution in [0.1, 0.15) is 42.1 Å². The van der Waals surface area contributed by atoms with Crippen LogP contribution in [0, 0.1) is 0 Å². The van der Waals surface area contributed by atoms with Gasteiger partial charge in [-0.05, 0) is 18.4 Å². The molecule has 0 N–H and O–H groups in total. The lowest BCUT2D eigenvalue weighted by Crippen LogP contribution is -2.09. The molecule has 0 amide bonds. The molecule has 0 fully saturated rings. The van der Waals surface area contributed by atoms with Gasteiger partial charge in [-0.1, -0.05) is 37.6 Å². The summed E-state index contributed by atoms with van der Waals surface area (Å²) in [5.74, 6) is -0.0729. The van der Waals surface area contributed by atoms with Gasteiger partial charge in [-0.3, -0.25) is 4.79 Å². The summed E-state index contributed by atoms with van der Waals surface area (Å²) in [6.45, 7) is 1.57. The molecule has 0 aromatic heterocycles. The molecular formula is C15H20F2O2. The lowest BCUT2D eigenvalue weighted by molar-refractivity contribution is 0.0170. The van der Waals surface area contributed by atoms with E-state index in [2.05, 4.69) is 6.92 Å². The molecule has 0 spiro atoms. The Morgan fingerprint density at radius 2 is 1.95 bits per heavy atom. The van der Waals surface area contributed by atoms with Crippen LogP contribution in [0.4, 0.5) is 8.78 Å². The minimum absolute atomic E-state index is 0.0424. The quantitative estimate of drug-likeness (QED) is 0.503. The maximum Gasteiger partial charge on any atom is 0.261 e. The van der Waals surface area contributed by atoms with E-state index in [1.54, 1.807) is 12.1 Å². The van der Waals surface area contributed by atoms with E-state index in [4.69, 9.17) is 4.74 Å². The van der Waals surface area contributed by atoms with Crippen molar-refractivity contribution in [2.75, 3.05) is 13.2 Å². The number of benzene rings is 1. The number of hydrogen-bond acceptors (Lipinski definition) is 2. The van der Waals surface area contributed by atoms with Crippen molar-refractivity contribution < 1.29 is 18.3 Å². The Labute approximate surface area is 112 Å². The number of carbonyl (C=O) groups is 1. The summed E-state index contributed by atoms with van der Waals surface area (Å²) in [7, 11) is 0. The van der Waals surface area contributed by atoms with E-state index in [-0.39, 0.29) is 18.8 Å². The van der Waals surface area contributed by atoms with E-state index in [0.29, 0.717) is 5.56 Å². The van der Waals surface area contributed by atoms with Crippen LogP contribution in [0.5, 0.6) is 0 Å². The maximum absolute atomic E-state index is 11.8. The number of carbonyl (C=O) groups excluding carboxylic acids is 1. The monoisotopic (exact) mass is 270 g/mol. The third-order valence-electron chi connectivity index (χ3n) is 2.81. The van der Waals surface area contributed by atoms with Crippen molar-refractivity contribution in [3.05, 3.63) is 35.4 Å². The van der Waals surface area contributed by atoms with E-state index in [1.165, 1.54) is 5.56 Å². The standard InChI is InChI=1S/C15H20F2O2/c1-2-3-4-12-5-7-13(8-6-12)14(18)9-10-19-11-15(16)17/h5-8,15H,2-4,9-11H2,1H3. The van der Waals surface area contributed by atoms with Crippen molar-refractivity contribution in [1.82, 2.24) is 0 Å². The molecule has 4 heteroatoms. The smallest absolute Gasteiger partial charge is 0.261 e. The maximum atomic E-state index is 11.8. The summed E-state index contributed by atoms with van der Waals surface area (Å²) in [6.07, 6.45) is 0.952. The predicted octanol–water partition coefficient (Wildman–Crippen LogP) is 3.88. The van der Waals surface area contributed by atoms with Gasteiger partial charge in [0.15, 0.2) is 5.78 Å². The summed E-state index contributed by atoms with van der Waals surface area (Å²) in [6, 6.07) is 7.48. The van der Waals surface area contributed by atoms with Gasteiger partial charge in [-0.25, -0.2) is 8.78 Å². The van der Waals surface area contributed by atoms with Gasteiger partial charge in [0.2, 0.25) is 0 Å². The number of hydrogen-bond donors (Lipinski definition) is 0. The molecule has 0 aliphatic heterocycles. The SMILES string of the molecule is CCCCc1ccc(C(=O)CCOCC(F)F)cc1. The molecule has 2 nitrogen and oxygen atoms in total. The first-order valence-electron chi connectivity index (χ1n) is 6.61. The fourth-order valence-electron chi connectivity index (χ4n) is 1.72. The second kappa shape index (κ2) is 8.75. The summed E-state index contributed by atoms with van der Waals surface area (Å²) >= 11 is 0. The molecule has 0 atom stereocenters. The summed E-state index contributed by atoms with van der Waals surface area (Å²) < 4.78 is 28.3. The Morgan fingerprint density at radius 3 is 2.53 bits per heavy atom. The van der Waals surface area contributed by atoms with Gasteiger partial charge in [0.1, 0.15) is 6.61 Å². The van der Waals surface area contributed by atoms with Crippen LogP contribution in [0.3, 0.4) is 0 Å². The summed E-state index contributed by atoms with van der Waals surface area (Å²) in [4.78, 5) is 11.7. The molecule has 106 valence electrons. The normalized spacial score (nSPS) is 10.9. The van der Waals surface area contributed by atoms with Crippen molar-refractivity contribution in [2.24, 2.45) is 0 Å². The van der Waals surface area contributed by atoms with Gasteiger partial charge in [0, 0.05) is 12.0 Å². The minimum Gasteiger partial charge on any atom is -0.375 e. The average Bonchev–Trinajstić information content (AvgIpc) is 2.41. The zero-order valence-corrected chi connectivity index (χ0v) is 11.2. The number of Topliss-reactive ketones (excluding diaryl/α,β-unsaturated/α-hetero) is 1. The lowest BCUT2D eigenvalue weighted by Gasteiger charge is -2.04. The van der Waals surface area contributed by atoms with Gasteiger partial charge in [0.05, 0.1) is 6.61 Å². The molecule has 0 unspecified atom stereocenters. The first kappa shape index (κ1) is 15.8. The zero-order chi connectivity index (χ0) is 14.1. The van der Waals surface area contributed by atoms with Gasteiger partial charge in [-0.15, -0.1) is 0 Å². The third kappa shape index (κ3) is 6.43. The van der Waals surface area contributed by atoms with Crippen LogP contribution < -0.4 is 0 Å². The fourth-order valence-corrected chi connectivity index (χ4v) is 1.72. The largest absolute Gasteiger partial charge is 0.375 e. The first-order valence-corrected chi connectivity index (χ1v) is 6.61. The van der Waals surface area contributed by atoms with Crippen LogP contribution in [0.2, 0.25) is 0 Å². The minimum atomic E-state index is -2.48. The highest BCUT2D eigenvalue weighted by Gasteiger charge is 2.07. The summed E-state index contributed by atoms with van der Waals surface area (Å²) in [5.41, 5.74) is 1.83. The van der Waals surface area contributed by atoms with Gasteiger partial charge in [0.25, 0.3) is 6.43 Å². The molecule has 1 aromatic rings. The number of alkyl halides is 2. The molecule has 1 rings (SSSR count). The number of aryl methyl sites for hydroxylation is 1. The van der Waals surface area contributed by atoms with Gasteiger partial charge < -0.3 is 4.74 Å². The van der Waals surface area contributed by atoms with Crippen LogP contribution in [0.25, 0.3) is 0 Å². The number of ether oxygens (including phenoxy) is 1. The number of unbranched alkanes of at least 4 members (excludes halogenated alkanes) is 1. The molecule has 0 saturated heterocycles. The van der Waals surface area contributed by atoms with Crippen LogP contribution in [-0.2, 0) is 11.2 Å². The van der Waals surface area contributed by atoms with E-state index in [0.717, 1.165) is 19.3 Å². The second-order valence-corrected chi connectivity index (χ2v) is 4.44. The number of rotatable bonds is 9. The molecular weight excluding hydrogens is 250 g/mol. The van der Waals surface area contributed by atoms with E-state index in [9.17, 15) is 13.6 Å². The van der Waals surface area contributed by atoms with Gasteiger partial charge in [-0.2, -0.15) is 0 Å². The average molecular weight is 270 g/mol. The molecule has 0 heterocycles. The topological polar surface area (TPSA) is 26.3 Å². The van der Waals surface area contributed by atoms with Gasteiger partial charge >= 0.3 is 0 Å². The van der Waals surface area contributed by atoms with Crippen molar-refractivity contribution in [1.29, 1.82) is 0 Å². The Bertz CT molecular complexity index is 374. The van der Waals surface area contributed by atoms with E-state index < -0.39 is 13.0 Å². The van der Waals surface area contributed by atoms with Crippen molar-refractivity contribution in [3.63, 3.8) is 0 Å².